The Labute approximate surface area is 127 Å². The number of benzene rings is 2. The molecule has 0 saturated heterocycles. The first kappa shape index (κ1) is 15.1. The molecular formula is C17H13ClFNO. The zero-order valence-corrected chi connectivity index (χ0v) is 11.1. The first-order valence-electron chi connectivity index (χ1n) is 5.99. The number of hydrogen-bond acceptors (Lipinski definition) is 2. The number of hydrogen-bond donors (Lipinski definition) is 0. The van der Waals surface area contributed by atoms with Gasteiger partial charge in [0, 0.05) is 16.5 Å². The lowest BCUT2D eigenvalue weighted by molar-refractivity contribution is 0.112. The first-order valence-corrected chi connectivity index (χ1v) is 6.36. The second-order valence-electron chi connectivity index (χ2n) is 4.39. The first-order chi connectivity index (χ1) is 9.67. The van der Waals surface area contributed by atoms with E-state index in [1.807, 2.05) is 0 Å². The van der Waals surface area contributed by atoms with Gasteiger partial charge in [0.05, 0.1) is 16.2 Å². The fraction of sp³-hybridized carbons (Fsp3) is 0.0588. The number of aldehydes is 1. The monoisotopic (exact) mass is 301 g/mol. The van der Waals surface area contributed by atoms with Crippen molar-refractivity contribution in [3.63, 3.8) is 0 Å². The Hall–Kier alpha value is -2.26. The van der Waals surface area contributed by atoms with E-state index in [0.29, 0.717) is 21.8 Å². The Kier molecular flexibility index (Phi) is 4.34. The fourth-order valence-electron chi connectivity index (χ4n) is 2.04. The molecule has 0 saturated carbocycles. The van der Waals surface area contributed by atoms with Gasteiger partial charge in [0.2, 0.25) is 0 Å². The number of aromatic nitrogens is 1. The van der Waals surface area contributed by atoms with Gasteiger partial charge in [-0.05, 0) is 36.4 Å². The number of pyridine rings is 1. The Morgan fingerprint density at radius 2 is 1.76 bits per heavy atom. The largest absolute Gasteiger partial charge is 0.298 e. The summed E-state index contributed by atoms with van der Waals surface area (Å²) >= 11 is 6.24. The molecule has 2 nitrogen and oxygen atoms in total. The second-order valence-corrected chi connectivity index (χ2v) is 4.80. The molecule has 21 heavy (non-hydrogen) atoms. The maximum atomic E-state index is 12.9. The maximum Gasteiger partial charge on any atom is 0.150 e. The zero-order chi connectivity index (χ0) is 14.1. The van der Waals surface area contributed by atoms with E-state index in [4.69, 9.17) is 11.6 Å². The second kappa shape index (κ2) is 6.02. The van der Waals surface area contributed by atoms with Crippen LogP contribution in [0.4, 0.5) is 4.39 Å². The highest BCUT2D eigenvalue weighted by atomic mass is 35.5. The van der Waals surface area contributed by atoms with Gasteiger partial charge in [-0.25, -0.2) is 9.37 Å². The topological polar surface area (TPSA) is 30.0 Å². The summed E-state index contributed by atoms with van der Waals surface area (Å²) in [5.74, 6) is -0.302. The highest BCUT2D eigenvalue weighted by Crippen LogP contribution is 2.28. The minimum Gasteiger partial charge on any atom is -0.298 e. The SMILES string of the molecule is C.O=Cc1ccc2c(Cl)cc(-c3ccc(F)cc3)nc2c1. The fourth-order valence-corrected chi connectivity index (χ4v) is 2.31. The van der Waals surface area contributed by atoms with Crippen molar-refractivity contribution in [1.29, 1.82) is 0 Å². The normalized spacial score (nSPS) is 10.2. The molecule has 3 rings (SSSR count). The van der Waals surface area contributed by atoms with Crippen molar-refractivity contribution in [2.24, 2.45) is 0 Å². The minimum atomic E-state index is -0.302. The van der Waals surface area contributed by atoms with Crippen LogP contribution in [0, 0.1) is 5.82 Å². The van der Waals surface area contributed by atoms with Crippen LogP contribution in [-0.2, 0) is 0 Å². The molecule has 3 aromatic rings. The van der Waals surface area contributed by atoms with Crippen molar-refractivity contribution >= 4 is 28.8 Å². The molecule has 0 unspecified atom stereocenters. The van der Waals surface area contributed by atoms with Crippen molar-refractivity contribution < 1.29 is 9.18 Å². The summed E-state index contributed by atoms with van der Waals surface area (Å²) in [7, 11) is 0. The number of carbonyl (C=O) groups excluding carboxylic acids is 1. The number of carbonyl (C=O) groups is 1. The summed E-state index contributed by atoms with van der Waals surface area (Å²) in [5, 5.41) is 1.33. The Balaban J connectivity index is 0.00000161. The number of fused-ring (bicyclic) bond motifs is 1. The molecule has 0 atom stereocenters. The van der Waals surface area contributed by atoms with Gasteiger partial charge in [-0.2, -0.15) is 0 Å². The van der Waals surface area contributed by atoms with Crippen LogP contribution in [0.3, 0.4) is 0 Å². The van der Waals surface area contributed by atoms with Crippen molar-refractivity contribution in [3.05, 3.63) is 64.9 Å². The number of nitrogens with zero attached hydrogens (tertiary/aromatic N) is 1. The van der Waals surface area contributed by atoms with Crippen molar-refractivity contribution in [2.45, 2.75) is 7.43 Å². The molecule has 2 aromatic carbocycles. The van der Waals surface area contributed by atoms with E-state index in [1.54, 1.807) is 36.4 Å². The molecular weight excluding hydrogens is 289 g/mol. The highest BCUT2D eigenvalue weighted by molar-refractivity contribution is 6.35. The summed E-state index contributed by atoms with van der Waals surface area (Å²) in [6.07, 6.45) is 0.763. The van der Waals surface area contributed by atoms with Gasteiger partial charge in [-0.1, -0.05) is 31.2 Å². The minimum absolute atomic E-state index is 0. The van der Waals surface area contributed by atoms with Crippen molar-refractivity contribution in [3.8, 4) is 11.3 Å². The molecule has 4 heteroatoms. The molecule has 1 heterocycles. The van der Waals surface area contributed by atoms with Gasteiger partial charge in [0.1, 0.15) is 12.1 Å². The summed E-state index contributed by atoms with van der Waals surface area (Å²) in [4.78, 5) is 15.3. The predicted molar refractivity (Wildman–Crippen MR) is 84.3 cm³/mol. The average molecular weight is 302 g/mol. The van der Waals surface area contributed by atoms with Crippen LogP contribution in [0.25, 0.3) is 22.2 Å². The molecule has 0 spiro atoms. The van der Waals surface area contributed by atoms with Crippen molar-refractivity contribution in [1.82, 2.24) is 4.98 Å². The number of rotatable bonds is 2. The van der Waals surface area contributed by atoms with Crippen LogP contribution in [0.1, 0.15) is 17.8 Å². The molecule has 106 valence electrons. The standard InChI is InChI=1S/C16H9ClFNO.CH4/c17-14-8-15(11-2-4-12(18)5-3-11)19-16-7-10(9-20)1-6-13(14)16;/h1-9H;1H4. The summed E-state index contributed by atoms with van der Waals surface area (Å²) in [6.45, 7) is 0. The molecule has 0 bridgehead atoms. The van der Waals surface area contributed by atoms with E-state index in [2.05, 4.69) is 4.98 Å². The third kappa shape index (κ3) is 2.93. The summed E-state index contributed by atoms with van der Waals surface area (Å²) in [5.41, 5.74) is 2.59. The lowest BCUT2D eigenvalue weighted by Crippen LogP contribution is -1.89. The van der Waals surface area contributed by atoms with Crippen LogP contribution >= 0.6 is 11.6 Å². The van der Waals surface area contributed by atoms with Gasteiger partial charge >= 0.3 is 0 Å². The molecule has 0 aliphatic carbocycles. The van der Waals surface area contributed by atoms with Gasteiger partial charge in [0.25, 0.3) is 0 Å². The zero-order valence-electron chi connectivity index (χ0n) is 10.3. The molecule has 1 aromatic heterocycles. The Morgan fingerprint density at radius 1 is 1.05 bits per heavy atom. The third-order valence-corrected chi connectivity index (χ3v) is 3.37. The molecule has 0 fully saturated rings. The van der Waals surface area contributed by atoms with Gasteiger partial charge < -0.3 is 0 Å². The predicted octanol–water partition coefficient (Wildman–Crippen LogP) is 5.14. The van der Waals surface area contributed by atoms with E-state index < -0.39 is 0 Å². The molecule has 0 radical (unpaired) electrons. The molecule has 0 N–H and O–H groups in total. The van der Waals surface area contributed by atoms with E-state index in [9.17, 15) is 9.18 Å². The van der Waals surface area contributed by atoms with E-state index in [0.717, 1.165) is 17.2 Å². The lowest BCUT2D eigenvalue weighted by atomic mass is 10.1. The average Bonchev–Trinajstić information content (AvgIpc) is 2.47. The molecule has 0 aliphatic heterocycles. The van der Waals surface area contributed by atoms with Crippen molar-refractivity contribution in [2.75, 3.05) is 0 Å². The van der Waals surface area contributed by atoms with Crippen LogP contribution in [0.2, 0.25) is 5.02 Å². The highest BCUT2D eigenvalue weighted by Gasteiger charge is 2.07. The lowest BCUT2D eigenvalue weighted by Gasteiger charge is -2.06. The van der Waals surface area contributed by atoms with Crippen LogP contribution in [0.5, 0.6) is 0 Å². The Morgan fingerprint density at radius 3 is 2.43 bits per heavy atom. The van der Waals surface area contributed by atoms with Gasteiger partial charge in [-0.3, -0.25) is 4.79 Å². The smallest absolute Gasteiger partial charge is 0.150 e. The number of halogens is 2. The molecule has 0 aliphatic rings. The maximum absolute atomic E-state index is 12.9. The van der Waals surface area contributed by atoms with Gasteiger partial charge in [0.15, 0.2) is 0 Å². The van der Waals surface area contributed by atoms with Crippen LogP contribution in [0.15, 0.2) is 48.5 Å². The van der Waals surface area contributed by atoms with Crippen LogP contribution < -0.4 is 0 Å². The molecule has 0 amide bonds. The van der Waals surface area contributed by atoms with E-state index in [1.165, 1.54) is 12.1 Å². The Bertz CT molecular complexity index is 800. The van der Waals surface area contributed by atoms with E-state index in [-0.39, 0.29) is 13.2 Å². The summed E-state index contributed by atoms with van der Waals surface area (Å²) in [6, 6.07) is 12.9. The van der Waals surface area contributed by atoms with Crippen LogP contribution in [-0.4, -0.2) is 11.3 Å². The summed E-state index contributed by atoms with van der Waals surface area (Å²) < 4.78 is 12.9. The van der Waals surface area contributed by atoms with Gasteiger partial charge in [-0.15, -0.1) is 0 Å². The quantitative estimate of drug-likeness (QED) is 0.613. The van der Waals surface area contributed by atoms with E-state index >= 15 is 0 Å². The third-order valence-electron chi connectivity index (χ3n) is 3.06.